The number of carbonyl (C=O) groups excluding carboxylic acids is 1. The molecule has 0 saturated carbocycles. The Morgan fingerprint density at radius 3 is 3.20 bits per heavy atom. The minimum atomic E-state index is -0.0553. The lowest BCUT2D eigenvalue weighted by atomic mass is 10.1. The van der Waals surface area contributed by atoms with Crippen molar-refractivity contribution in [2.45, 2.75) is 25.4 Å². The van der Waals surface area contributed by atoms with E-state index in [-0.39, 0.29) is 11.9 Å². The summed E-state index contributed by atoms with van der Waals surface area (Å²) in [5.41, 5.74) is 6.57. The topological polar surface area (TPSA) is 67.2 Å². The molecule has 1 saturated heterocycles. The molecule has 1 fully saturated rings. The molecule has 82 valence electrons. The molecular weight excluding hydrogens is 210 g/mol. The summed E-state index contributed by atoms with van der Waals surface area (Å²) in [5, 5.41) is 8.05. The summed E-state index contributed by atoms with van der Waals surface area (Å²) in [5.74, 6) is 0.108. The van der Waals surface area contributed by atoms with Gasteiger partial charge in [0, 0.05) is 23.7 Å². The van der Waals surface area contributed by atoms with E-state index in [0.29, 0.717) is 6.54 Å². The van der Waals surface area contributed by atoms with Crippen molar-refractivity contribution in [1.82, 2.24) is 10.6 Å². The Morgan fingerprint density at radius 1 is 1.67 bits per heavy atom. The van der Waals surface area contributed by atoms with E-state index in [0.717, 1.165) is 30.0 Å². The zero-order valence-electron chi connectivity index (χ0n) is 8.45. The molecule has 0 spiro atoms. The maximum absolute atomic E-state index is 11.4. The maximum Gasteiger partial charge on any atom is 0.237 e. The smallest absolute Gasteiger partial charge is 0.237 e. The minimum Gasteiger partial charge on any atom is -0.398 e. The SMILES string of the molecule is Nc1ccsc1CNC1CCCNC1=O. The molecule has 1 amide bonds. The number of piperidine rings is 1. The summed E-state index contributed by atoms with van der Waals surface area (Å²) in [6.07, 6.45) is 1.96. The van der Waals surface area contributed by atoms with Gasteiger partial charge >= 0.3 is 0 Å². The van der Waals surface area contributed by atoms with Crippen molar-refractivity contribution < 1.29 is 4.79 Å². The normalized spacial score (nSPS) is 21.3. The first-order valence-electron chi connectivity index (χ1n) is 5.10. The fraction of sp³-hybridized carbons (Fsp3) is 0.500. The number of hydrogen-bond donors (Lipinski definition) is 3. The molecule has 1 aromatic heterocycles. The van der Waals surface area contributed by atoms with Crippen molar-refractivity contribution in [3.63, 3.8) is 0 Å². The molecular formula is C10H15N3OS. The third kappa shape index (κ3) is 2.49. The van der Waals surface area contributed by atoms with Crippen molar-refractivity contribution >= 4 is 22.9 Å². The third-order valence-electron chi connectivity index (χ3n) is 2.57. The quantitative estimate of drug-likeness (QED) is 0.709. The van der Waals surface area contributed by atoms with Crippen LogP contribution in [0.4, 0.5) is 5.69 Å². The highest BCUT2D eigenvalue weighted by Gasteiger charge is 2.21. The van der Waals surface area contributed by atoms with Crippen LogP contribution in [0.15, 0.2) is 11.4 Å². The Kier molecular flexibility index (Phi) is 3.23. The van der Waals surface area contributed by atoms with Crippen LogP contribution < -0.4 is 16.4 Å². The molecule has 15 heavy (non-hydrogen) atoms. The molecule has 1 atom stereocenters. The van der Waals surface area contributed by atoms with Crippen LogP contribution in [-0.4, -0.2) is 18.5 Å². The monoisotopic (exact) mass is 225 g/mol. The van der Waals surface area contributed by atoms with Gasteiger partial charge in [-0.15, -0.1) is 11.3 Å². The Hall–Kier alpha value is -1.07. The molecule has 0 aromatic carbocycles. The highest BCUT2D eigenvalue weighted by Crippen LogP contribution is 2.18. The van der Waals surface area contributed by atoms with Gasteiger partial charge in [0.25, 0.3) is 0 Å². The lowest BCUT2D eigenvalue weighted by Gasteiger charge is -2.22. The number of nitrogen functional groups attached to an aromatic ring is 1. The number of nitrogens with one attached hydrogen (secondary N) is 2. The van der Waals surface area contributed by atoms with E-state index in [1.54, 1.807) is 11.3 Å². The van der Waals surface area contributed by atoms with Crippen molar-refractivity contribution in [3.8, 4) is 0 Å². The second-order valence-corrected chi connectivity index (χ2v) is 4.67. The van der Waals surface area contributed by atoms with E-state index in [1.807, 2.05) is 11.4 Å². The van der Waals surface area contributed by atoms with Crippen molar-refractivity contribution in [1.29, 1.82) is 0 Å². The van der Waals surface area contributed by atoms with E-state index >= 15 is 0 Å². The zero-order chi connectivity index (χ0) is 10.7. The fourth-order valence-electron chi connectivity index (χ4n) is 1.68. The van der Waals surface area contributed by atoms with Gasteiger partial charge in [-0.2, -0.15) is 0 Å². The molecule has 1 aromatic rings. The molecule has 2 rings (SSSR count). The van der Waals surface area contributed by atoms with Crippen LogP contribution in [-0.2, 0) is 11.3 Å². The van der Waals surface area contributed by atoms with Crippen LogP contribution in [0, 0.1) is 0 Å². The number of rotatable bonds is 3. The van der Waals surface area contributed by atoms with Crippen LogP contribution in [0.1, 0.15) is 17.7 Å². The molecule has 1 aliphatic heterocycles. The third-order valence-corrected chi connectivity index (χ3v) is 3.51. The molecule has 0 aliphatic carbocycles. The van der Waals surface area contributed by atoms with Gasteiger partial charge in [-0.1, -0.05) is 0 Å². The number of hydrogen-bond acceptors (Lipinski definition) is 4. The number of thiophene rings is 1. The van der Waals surface area contributed by atoms with Crippen LogP contribution in [0.2, 0.25) is 0 Å². The second kappa shape index (κ2) is 4.63. The second-order valence-electron chi connectivity index (χ2n) is 3.67. The summed E-state index contributed by atoms with van der Waals surface area (Å²) in [6, 6.07) is 1.84. The average Bonchev–Trinajstić information content (AvgIpc) is 2.63. The summed E-state index contributed by atoms with van der Waals surface area (Å²) in [4.78, 5) is 12.5. The predicted molar refractivity (Wildman–Crippen MR) is 61.6 cm³/mol. The summed E-state index contributed by atoms with van der Waals surface area (Å²) >= 11 is 1.62. The summed E-state index contributed by atoms with van der Waals surface area (Å²) in [7, 11) is 0. The Labute approximate surface area is 92.9 Å². The lowest BCUT2D eigenvalue weighted by molar-refractivity contribution is -0.124. The van der Waals surface area contributed by atoms with Crippen LogP contribution >= 0.6 is 11.3 Å². The van der Waals surface area contributed by atoms with Gasteiger partial charge in [0.05, 0.1) is 6.04 Å². The van der Waals surface area contributed by atoms with Gasteiger partial charge in [0.1, 0.15) is 0 Å². The first-order valence-corrected chi connectivity index (χ1v) is 5.98. The fourth-order valence-corrected chi connectivity index (χ4v) is 2.43. The standard InChI is InChI=1S/C10H15N3OS/c11-7-3-5-15-9(7)6-13-8-2-1-4-12-10(8)14/h3,5,8,13H,1-2,4,6,11H2,(H,12,14). The van der Waals surface area contributed by atoms with Crippen LogP contribution in [0.3, 0.4) is 0 Å². The number of nitrogens with two attached hydrogens (primary N) is 1. The van der Waals surface area contributed by atoms with Gasteiger partial charge in [-0.05, 0) is 24.3 Å². The average molecular weight is 225 g/mol. The molecule has 4 nitrogen and oxygen atoms in total. The Bertz CT molecular complexity index is 350. The first-order chi connectivity index (χ1) is 7.27. The highest BCUT2D eigenvalue weighted by molar-refractivity contribution is 7.10. The van der Waals surface area contributed by atoms with E-state index < -0.39 is 0 Å². The number of carbonyl (C=O) groups is 1. The van der Waals surface area contributed by atoms with Crippen LogP contribution in [0.25, 0.3) is 0 Å². The molecule has 4 N–H and O–H groups in total. The molecule has 5 heteroatoms. The first kappa shape index (κ1) is 10.4. The van der Waals surface area contributed by atoms with E-state index in [9.17, 15) is 4.79 Å². The van der Waals surface area contributed by atoms with Crippen molar-refractivity contribution in [2.75, 3.05) is 12.3 Å². The Morgan fingerprint density at radius 2 is 2.53 bits per heavy atom. The van der Waals surface area contributed by atoms with Gasteiger partial charge in [0.2, 0.25) is 5.91 Å². The van der Waals surface area contributed by atoms with Crippen molar-refractivity contribution in [3.05, 3.63) is 16.3 Å². The van der Waals surface area contributed by atoms with E-state index in [4.69, 9.17) is 5.73 Å². The van der Waals surface area contributed by atoms with Crippen molar-refractivity contribution in [2.24, 2.45) is 0 Å². The maximum atomic E-state index is 11.4. The molecule has 0 radical (unpaired) electrons. The molecule has 1 aliphatic rings. The molecule has 2 heterocycles. The van der Waals surface area contributed by atoms with Gasteiger partial charge in [-0.25, -0.2) is 0 Å². The number of amides is 1. The van der Waals surface area contributed by atoms with Gasteiger partial charge in [-0.3, -0.25) is 4.79 Å². The largest absolute Gasteiger partial charge is 0.398 e. The number of anilines is 1. The minimum absolute atomic E-state index is 0.0553. The zero-order valence-corrected chi connectivity index (χ0v) is 9.27. The van der Waals surface area contributed by atoms with Gasteiger partial charge in [0.15, 0.2) is 0 Å². The summed E-state index contributed by atoms with van der Waals surface area (Å²) in [6.45, 7) is 1.49. The highest BCUT2D eigenvalue weighted by atomic mass is 32.1. The van der Waals surface area contributed by atoms with Gasteiger partial charge < -0.3 is 16.4 Å². The lowest BCUT2D eigenvalue weighted by Crippen LogP contribution is -2.47. The molecule has 0 bridgehead atoms. The van der Waals surface area contributed by atoms with E-state index in [1.165, 1.54) is 0 Å². The summed E-state index contributed by atoms with van der Waals surface area (Å²) < 4.78 is 0. The molecule has 1 unspecified atom stereocenters. The Balaban J connectivity index is 1.87. The van der Waals surface area contributed by atoms with E-state index in [2.05, 4.69) is 10.6 Å². The van der Waals surface area contributed by atoms with Crippen LogP contribution in [0.5, 0.6) is 0 Å². The predicted octanol–water partition coefficient (Wildman–Crippen LogP) is 0.699.